The van der Waals surface area contributed by atoms with E-state index in [0.29, 0.717) is 12.5 Å². The van der Waals surface area contributed by atoms with Crippen LogP contribution in [0.2, 0.25) is 5.02 Å². The number of aromatic nitrogens is 1. The molecule has 142 valence electrons. The largest absolute Gasteiger partial charge is 0.370 e. The van der Waals surface area contributed by atoms with E-state index in [9.17, 15) is 0 Å². The summed E-state index contributed by atoms with van der Waals surface area (Å²) in [5, 5.41) is 1.88. The minimum atomic E-state index is 0. The maximum absolute atomic E-state index is 6.19. The molecule has 1 aromatic heterocycles. The van der Waals surface area contributed by atoms with Crippen LogP contribution in [0.15, 0.2) is 29.3 Å². The Morgan fingerprint density at radius 3 is 2.42 bits per heavy atom. The maximum atomic E-state index is 6.19. The van der Waals surface area contributed by atoms with Crippen LogP contribution in [0.5, 0.6) is 0 Å². The van der Waals surface area contributed by atoms with E-state index in [4.69, 9.17) is 17.3 Å². The third-order valence-electron chi connectivity index (χ3n) is 4.41. The first-order valence-corrected chi connectivity index (χ1v) is 9.70. The van der Waals surface area contributed by atoms with Gasteiger partial charge in [-0.15, -0.1) is 35.3 Å². The second kappa shape index (κ2) is 9.75. The molecule has 2 N–H and O–H groups in total. The van der Waals surface area contributed by atoms with Crippen LogP contribution in [-0.4, -0.2) is 48.6 Å². The molecule has 1 aliphatic rings. The average Bonchev–Trinajstić information content (AvgIpc) is 2.93. The SMILES string of the molecule is Cc1nc(C)c(CCN=C(N)N2CCN(c3ccc(Cl)cc3)CC2)s1.I. The lowest BCUT2D eigenvalue weighted by Crippen LogP contribution is -2.51. The molecule has 8 heteroatoms. The molecule has 2 heterocycles. The summed E-state index contributed by atoms with van der Waals surface area (Å²) in [5.41, 5.74) is 8.51. The van der Waals surface area contributed by atoms with E-state index >= 15 is 0 Å². The number of aryl methyl sites for hydroxylation is 2. The van der Waals surface area contributed by atoms with Crippen LogP contribution >= 0.6 is 46.9 Å². The minimum Gasteiger partial charge on any atom is -0.370 e. The first-order valence-electron chi connectivity index (χ1n) is 8.51. The normalized spacial score (nSPS) is 15.1. The highest BCUT2D eigenvalue weighted by molar-refractivity contribution is 14.0. The number of aliphatic imine (C=N–C) groups is 1. The molecule has 0 aliphatic carbocycles. The van der Waals surface area contributed by atoms with E-state index in [2.05, 4.69) is 38.8 Å². The monoisotopic (exact) mass is 505 g/mol. The summed E-state index contributed by atoms with van der Waals surface area (Å²) in [6.45, 7) is 8.45. The number of piperazine rings is 1. The molecule has 26 heavy (non-hydrogen) atoms. The van der Waals surface area contributed by atoms with E-state index in [1.807, 2.05) is 19.1 Å². The van der Waals surface area contributed by atoms with E-state index in [1.165, 1.54) is 10.6 Å². The van der Waals surface area contributed by atoms with Gasteiger partial charge >= 0.3 is 0 Å². The van der Waals surface area contributed by atoms with E-state index in [-0.39, 0.29) is 24.0 Å². The highest BCUT2D eigenvalue weighted by Gasteiger charge is 2.18. The Balaban J connectivity index is 0.00000243. The van der Waals surface area contributed by atoms with E-state index < -0.39 is 0 Å². The van der Waals surface area contributed by atoms with Crippen molar-refractivity contribution < 1.29 is 0 Å². The number of nitrogens with two attached hydrogens (primary N) is 1. The summed E-state index contributed by atoms with van der Waals surface area (Å²) in [7, 11) is 0. The number of halogens is 2. The number of hydrogen-bond donors (Lipinski definition) is 1. The molecule has 1 saturated heterocycles. The van der Waals surface area contributed by atoms with Gasteiger partial charge in [-0.2, -0.15) is 0 Å². The number of benzene rings is 1. The molecule has 0 amide bonds. The molecule has 0 radical (unpaired) electrons. The molecule has 3 rings (SSSR count). The predicted molar refractivity (Wildman–Crippen MR) is 122 cm³/mol. The molecule has 1 fully saturated rings. The second-order valence-electron chi connectivity index (χ2n) is 6.18. The van der Waals surface area contributed by atoms with Gasteiger partial charge in [-0.25, -0.2) is 4.98 Å². The molecule has 0 atom stereocenters. The molecule has 0 spiro atoms. The van der Waals surface area contributed by atoms with Crippen molar-refractivity contribution in [1.82, 2.24) is 9.88 Å². The molecule has 1 aliphatic heterocycles. The first kappa shape index (κ1) is 21.2. The molecule has 1 aromatic carbocycles. The van der Waals surface area contributed by atoms with Crippen molar-refractivity contribution in [2.45, 2.75) is 20.3 Å². The molecule has 2 aromatic rings. The number of thiazole rings is 1. The Bertz CT molecular complexity index is 739. The second-order valence-corrected chi connectivity index (χ2v) is 7.91. The van der Waals surface area contributed by atoms with Crippen molar-refractivity contribution >= 4 is 58.6 Å². The van der Waals surface area contributed by atoms with Crippen LogP contribution in [0.3, 0.4) is 0 Å². The van der Waals surface area contributed by atoms with Gasteiger partial charge in [0.25, 0.3) is 0 Å². The Kier molecular flexibility index (Phi) is 7.97. The number of rotatable bonds is 4. The Labute approximate surface area is 181 Å². The minimum absolute atomic E-state index is 0. The van der Waals surface area contributed by atoms with Crippen LogP contribution in [0.4, 0.5) is 5.69 Å². The lowest BCUT2D eigenvalue weighted by atomic mass is 10.2. The quantitative estimate of drug-likeness (QED) is 0.391. The van der Waals surface area contributed by atoms with Gasteiger partial charge in [-0.1, -0.05) is 11.6 Å². The average molecular weight is 506 g/mol. The van der Waals surface area contributed by atoms with Crippen molar-refractivity contribution in [1.29, 1.82) is 0 Å². The third-order valence-corrected chi connectivity index (χ3v) is 5.79. The molecular formula is C18H25ClIN5S. The Morgan fingerprint density at radius 2 is 1.85 bits per heavy atom. The molecular weight excluding hydrogens is 481 g/mol. The zero-order valence-corrected chi connectivity index (χ0v) is 19.0. The third kappa shape index (κ3) is 5.47. The summed E-state index contributed by atoms with van der Waals surface area (Å²) < 4.78 is 0. The van der Waals surface area contributed by atoms with Crippen LogP contribution in [0, 0.1) is 13.8 Å². The van der Waals surface area contributed by atoms with Gasteiger partial charge in [-0.3, -0.25) is 4.99 Å². The van der Waals surface area contributed by atoms with Crippen molar-refractivity contribution in [2.75, 3.05) is 37.6 Å². The summed E-state index contributed by atoms with van der Waals surface area (Å²) in [4.78, 5) is 14.8. The van der Waals surface area contributed by atoms with Crippen molar-refractivity contribution in [2.24, 2.45) is 10.7 Å². The Morgan fingerprint density at radius 1 is 1.19 bits per heavy atom. The van der Waals surface area contributed by atoms with Crippen LogP contribution < -0.4 is 10.6 Å². The predicted octanol–water partition coefficient (Wildman–Crippen LogP) is 3.71. The fourth-order valence-electron chi connectivity index (χ4n) is 3.02. The maximum Gasteiger partial charge on any atom is 0.191 e. The van der Waals surface area contributed by atoms with Crippen molar-refractivity contribution in [3.63, 3.8) is 0 Å². The summed E-state index contributed by atoms with van der Waals surface area (Å²) in [6, 6.07) is 7.99. The van der Waals surface area contributed by atoms with Crippen LogP contribution in [0.25, 0.3) is 0 Å². The van der Waals surface area contributed by atoms with Gasteiger partial charge in [0.15, 0.2) is 5.96 Å². The Hall–Kier alpha value is -1.06. The molecule has 0 unspecified atom stereocenters. The number of guanidine groups is 1. The van der Waals surface area contributed by atoms with Crippen LogP contribution in [-0.2, 0) is 6.42 Å². The topological polar surface area (TPSA) is 57.8 Å². The summed E-state index contributed by atoms with van der Waals surface area (Å²) >= 11 is 7.71. The summed E-state index contributed by atoms with van der Waals surface area (Å²) in [6.07, 6.45) is 0.906. The van der Waals surface area contributed by atoms with Gasteiger partial charge in [-0.05, 0) is 38.1 Å². The number of anilines is 1. The van der Waals surface area contributed by atoms with Crippen molar-refractivity contribution in [3.8, 4) is 0 Å². The lowest BCUT2D eigenvalue weighted by molar-refractivity contribution is 0.381. The highest BCUT2D eigenvalue weighted by Crippen LogP contribution is 2.20. The smallest absolute Gasteiger partial charge is 0.191 e. The van der Waals surface area contributed by atoms with Gasteiger partial charge in [0.05, 0.1) is 10.7 Å². The van der Waals surface area contributed by atoms with Gasteiger partial charge < -0.3 is 15.5 Å². The zero-order valence-electron chi connectivity index (χ0n) is 15.1. The summed E-state index contributed by atoms with van der Waals surface area (Å²) in [5.74, 6) is 0.648. The fourth-order valence-corrected chi connectivity index (χ4v) is 4.07. The van der Waals surface area contributed by atoms with Gasteiger partial charge in [0.2, 0.25) is 0 Å². The molecule has 0 bridgehead atoms. The first-order chi connectivity index (χ1) is 12.0. The van der Waals surface area contributed by atoms with Crippen LogP contribution in [0.1, 0.15) is 15.6 Å². The fraction of sp³-hybridized carbons (Fsp3) is 0.444. The zero-order chi connectivity index (χ0) is 17.8. The lowest BCUT2D eigenvalue weighted by Gasteiger charge is -2.36. The van der Waals surface area contributed by atoms with E-state index in [0.717, 1.165) is 48.3 Å². The number of hydrogen-bond acceptors (Lipinski definition) is 4. The van der Waals surface area contributed by atoms with E-state index in [1.54, 1.807) is 11.3 Å². The van der Waals surface area contributed by atoms with Gasteiger partial charge in [0.1, 0.15) is 0 Å². The molecule has 5 nitrogen and oxygen atoms in total. The standard InChI is InChI=1S/C18H24ClN5S.HI/c1-13-17(25-14(2)22-13)7-8-21-18(20)24-11-9-23(10-12-24)16-5-3-15(19)4-6-16;/h3-6H,7-12H2,1-2H3,(H2,20,21);1H. The van der Waals surface area contributed by atoms with Gasteiger partial charge in [0, 0.05) is 54.7 Å². The van der Waals surface area contributed by atoms with Crippen molar-refractivity contribution in [3.05, 3.63) is 44.9 Å². The highest BCUT2D eigenvalue weighted by atomic mass is 127. The molecule has 0 saturated carbocycles. The number of nitrogens with zero attached hydrogens (tertiary/aromatic N) is 4.